The van der Waals surface area contributed by atoms with Gasteiger partial charge in [0, 0.05) is 37.7 Å². The first-order valence-electron chi connectivity index (χ1n) is 12.8. The molecule has 0 saturated heterocycles. The normalized spacial score (nSPS) is 20.4. The summed E-state index contributed by atoms with van der Waals surface area (Å²) in [6.07, 6.45) is 8.70. The molecule has 1 radical (unpaired) electrons. The van der Waals surface area contributed by atoms with Crippen molar-refractivity contribution in [2.24, 2.45) is 5.92 Å². The number of benzene rings is 2. The van der Waals surface area contributed by atoms with Crippen LogP contribution in [0.2, 0.25) is 0 Å². The first kappa shape index (κ1) is 29.1. The van der Waals surface area contributed by atoms with E-state index >= 15 is 0 Å². The molecule has 2 aliphatic carbocycles. The Morgan fingerprint density at radius 2 is 1.73 bits per heavy atom. The van der Waals surface area contributed by atoms with E-state index in [-0.39, 0.29) is 37.7 Å². The number of aromatic nitrogens is 2. The summed E-state index contributed by atoms with van der Waals surface area (Å²) in [4.78, 5) is 9.23. The molecule has 2 N–H and O–H groups in total. The number of rotatable bonds is 4. The van der Waals surface area contributed by atoms with Crippen LogP contribution in [0.3, 0.4) is 0 Å². The minimum absolute atomic E-state index is 0. The van der Waals surface area contributed by atoms with Crippen LogP contribution in [0.5, 0.6) is 0 Å². The number of nitrogens with zero attached hydrogens (tertiary/aromatic N) is 2. The summed E-state index contributed by atoms with van der Waals surface area (Å²) in [6.45, 7) is 12.0. The summed E-state index contributed by atoms with van der Waals surface area (Å²) in [6, 6.07) is 18.7. The van der Waals surface area contributed by atoms with Gasteiger partial charge in [-0.3, -0.25) is 4.98 Å². The third-order valence-corrected chi connectivity index (χ3v) is 7.21. The molecule has 4 unspecified atom stereocenters. The quantitative estimate of drug-likeness (QED) is 0.318. The number of aryl methyl sites for hydroxylation is 2. The fraction of sp³-hybridized carbons (Fsp3) is 0.375. The summed E-state index contributed by atoms with van der Waals surface area (Å²) in [7, 11) is 0. The van der Waals surface area contributed by atoms with Gasteiger partial charge >= 0.3 is 0 Å². The second-order valence-corrected chi connectivity index (χ2v) is 10.7. The van der Waals surface area contributed by atoms with Gasteiger partial charge in [0.25, 0.3) is 0 Å². The number of allylic oxidation sites excluding steroid dienone is 4. The largest absolute Gasteiger partial charge is 0.393 e. The predicted octanol–water partition coefficient (Wildman–Crippen LogP) is 6.34. The third-order valence-electron chi connectivity index (χ3n) is 7.21. The molecule has 0 fully saturated rings. The number of hydrogen-bond acceptors (Lipinski definition) is 4. The van der Waals surface area contributed by atoms with Gasteiger partial charge in [0.05, 0.1) is 17.9 Å². The van der Waals surface area contributed by atoms with Crippen LogP contribution >= 0.6 is 0 Å². The molecule has 1 aromatic heterocycles. The van der Waals surface area contributed by atoms with Crippen molar-refractivity contribution in [1.82, 2.24) is 9.97 Å². The topological polar surface area (TPSA) is 66.2 Å². The maximum atomic E-state index is 8.56. The van der Waals surface area contributed by atoms with Crippen molar-refractivity contribution in [3.8, 4) is 11.3 Å². The molecular weight excluding hydrogens is 637 g/mol. The zero-order chi connectivity index (χ0) is 26.0. The minimum Gasteiger partial charge on any atom is -0.393 e. The average Bonchev–Trinajstić information content (AvgIpc) is 3.05. The molecular formula is C32H37IrN2O2-. The van der Waals surface area contributed by atoms with E-state index in [4.69, 9.17) is 10.2 Å². The molecule has 5 rings (SSSR count). The molecule has 0 saturated carbocycles. The molecule has 3 aromatic rings. The Labute approximate surface area is 235 Å². The summed E-state index contributed by atoms with van der Waals surface area (Å²) in [5, 5.41) is 17.1. The Morgan fingerprint density at radius 3 is 2.32 bits per heavy atom. The van der Waals surface area contributed by atoms with Gasteiger partial charge in [0.15, 0.2) is 0 Å². The van der Waals surface area contributed by atoms with Gasteiger partial charge in [-0.2, -0.15) is 0 Å². The molecule has 0 bridgehead atoms. The van der Waals surface area contributed by atoms with Gasteiger partial charge in [-0.15, -0.1) is 34.9 Å². The second-order valence-electron chi connectivity index (χ2n) is 10.7. The van der Waals surface area contributed by atoms with Gasteiger partial charge in [-0.1, -0.05) is 62.4 Å². The molecule has 197 valence electrons. The molecule has 0 aliphatic heterocycles. The first-order valence-corrected chi connectivity index (χ1v) is 12.8. The van der Waals surface area contributed by atoms with Crippen molar-refractivity contribution in [2.75, 3.05) is 0 Å². The number of aliphatic hydroxyl groups excluding tert-OH is 2. The summed E-state index contributed by atoms with van der Waals surface area (Å²) in [5.41, 5.74) is 9.33. The fourth-order valence-corrected chi connectivity index (χ4v) is 5.47. The first-order chi connectivity index (χ1) is 17.1. The zero-order valence-electron chi connectivity index (χ0n) is 22.5. The van der Waals surface area contributed by atoms with E-state index < -0.39 is 0 Å². The van der Waals surface area contributed by atoms with Crippen LogP contribution in [-0.4, -0.2) is 32.4 Å². The molecule has 4 atom stereocenters. The monoisotopic (exact) mass is 674 g/mol. The summed E-state index contributed by atoms with van der Waals surface area (Å²) in [5.74, 6) is 0.825. The van der Waals surface area contributed by atoms with Crippen molar-refractivity contribution in [2.45, 2.75) is 71.5 Å². The van der Waals surface area contributed by atoms with Crippen molar-refractivity contribution in [3.63, 3.8) is 0 Å². The van der Waals surface area contributed by atoms with Crippen LogP contribution < -0.4 is 0 Å². The van der Waals surface area contributed by atoms with Gasteiger partial charge < -0.3 is 15.2 Å². The van der Waals surface area contributed by atoms with Crippen LogP contribution in [0.15, 0.2) is 66.9 Å². The van der Waals surface area contributed by atoms with Crippen molar-refractivity contribution in [3.05, 3.63) is 101 Å². The van der Waals surface area contributed by atoms with Gasteiger partial charge in [0.1, 0.15) is 0 Å². The number of fused-ring (bicyclic) bond motifs is 3. The SMILES string of the molecule is CC(O)CC(C)O.Cc1cnc(-c2[c-]cc3c(c2)C2C=CC(c4ccccc4)=CC2C3(C)C)c(C)n1.[Ir]. The molecule has 4 nitrogen and oxygen atoms in total. The molecule has 37 heavy (non-hydrogen) atoms. The Morgan fingerprint density at radius 1 is 1.05 bits per heavy atom. The van der Waals surface area contributed by atoms with Gasteiger partial charge in [-0.05, 0) is 62.5 Å². The molecule has 2 aromatic carbocycles. The van der Waals surface area contributed by atoms with Gasteiger partial charge in [-0.25, -0.2) is 0 Å². The molecule has 5 heteroatoms. The second kappa shape index (κ2) is 12.0. The molecule has 0 amide bonds. The zero-order valence-corrected chi connectivity index (χ0v) is 24.9. The maximum Gasteiger partial charge on any atom is 0.0539 e. The fourth-order valence-electron chi connectivity index (χ4n) is 5.47. The van der Waals surface area contributed by atoms with Crippen LogP contribution in [0.4, 0.5) is 0 Å². The molecule has 0 spiro atoms. The molecule has 1 heterocycles. The number of aliphatic hydroxyl groups is 2. The Bertz CT molecular complexity index is 1270. The third kappa shape index (κ3) is 6.35. The van der Waals surface area contributed by atoms with Crippen molar-refractivity contribution < 1.29 is 30.3 Å². The van der Waals surface area contributed by atoms with Crippen LogP contribution in [0.1, 0.15) is 68.1 Å². The maximum absolute atomic E-state index is 8.56. The summed E-state index contributed by atoms with van der Waals surface area (Å²) < 4.78 is 0. The molecule has 2 aliphatic rings. The van der Waals surface area contributed by atoms with E-state index in [1.807, 2.05) is 20.0 Å². The van der Waals surface area contributed by atoms with Crippen LogP contribution in [0, 0.1) is 25.8 Å². The van der Waals surface area contributed by atoms with Crippen LogP contribution in [-0.2, 0) is 25.5 Å². The standard InChI is InChI=1S/C27H25N2.C5H12O2.Ir/c1-17-16-28-26(18(2)29-17)21-11-13-24-23(14-21)22-12-10-20(15-25(22)27(24,3)4)19-8-6-5-7-9-19;1-4(6)3-5(2)7;/h5-10,12-16,22,25H,1-4H3;4-7H,3H2,1-2H3;/q-1;;. The minimum atomic E-state index is -0.375. The smallest absolute Gasteiger partial charge is 0.0539 e. The Balaban J connectivity index is 0.000000422. The average molecular weight is 674 g/mol. The summed E-state index contributed by atoms with van der Waals surface area (Å²) >= 11 is 0. The van der Waals surface area contributed by atoms with E-state index in [2.05, 4.69) is 90.6 Å². The number of hydrogen-bond donors (Lipinski definition) is 2. The Hall–Kier alpha value is -2.43. The van der Waals surface area contributed by atoms with E-state index in [1.165, 1.54) is 22.3 Å². The van der Waals surface area contributed by atoms with Crippen molar-refractivity contribution >= 4 is 5.57 Å². The Kier molecular flexibility index (Phi) is 9.41. The van der Waals surface area contributed by atoms with Crippen LogP contribution in [0.25, 0.3) is 16.8 Å². The van der Waals surface area contributed by atoms with E-state index in [1.54, 1.807) is 13.8 Å². The predicted molar refractivity (Wildman–Crippen MR) is 147 cm³/mol. The van der Waals surface area contributed by atoms with Gasteiger partial charge in [0.2, 0.25) is 0 Å². The van der Waals surface area contributed by atoms with E-state index in [0.717, 1.165) is 22.6 Å². The van der Waals surface area contributed by atoms with E-state index in [9.17, 15) is 0 Å². The van der Waals surface area contributed by atoms with Crippen molar-refractivity contribution in [1.29, 1.82) is 0 Å². The van der Waals surface area contributed by atoms with E-state index in [0.29, 0.717) is 18.3 Å².